The number of nitrogens with one attached hydrogen (secondary N) is 1. The first-order chi connectivity index (χ1) is 9.17. The quantitative estimate of drug-likeness (QED) is 0.853. The summed E-state index contributed by atoms with van der Waals surface area (Å²) in [6.07, 6.45) is -4.51. The van der Waals surface area contributed by atoms with E-state index in [0.717, 1.165) is 11.1 Å². The van der Waals surface area contributed by atoms with Gasteiger partial charge in [0.15, 0.2) is 0 Å². The van der Waals surface area contributed by atoms with Crippen LogP contribution in [0.15, 0.2) is 18.2 Å². The van der Waals surface area contributed by atoms with Crippen LogP contribution in [0.1, 0.15) is 37.8 Å². The Hall–Kier alpha value is -1.23. The van der Waals surface area contributed by atoms with Gasteiger partial charge in [-0.05, 0) is 43.0 Å². The lowest BCUT2D eigenvalue weighted by molar-refractivity contribution is -0.125. The van der Waals surface area contributed by atoms with Crippen molar-refractivity contribution in [3.63, 3.8) is 0 Å². The molecule has 0 aromatic heterocycles. The Balaban J connectivity index is 2.55. The Morgan fingerprint density at radius 1 is 1.15 bits per heavy atom. The lowest BCUT2D eigenvalue weighted by atomic mass is 10.0. The minimum atomic E-state index is -4.19. The van der Waals surface area contributed by atoms with Crippen molar-refractivity contribution in [2.75, 3.05) is 13.1 Å². The topological polar surface area (TPSA) is 21.3 Å². The Bertz CT molecular complexity index is 430. The highest BCUT2D eigenvalue weighted by Crippen LogP contribution is 2.23. The van der Waals surface area contributed by atoms with Crippen molar-refractivity contribution in [2.45, 2.75) is 45.9 Å². The Morgan fingerprint density at radius 2 is 1.80 bits per heavy atom. The number of rotatable bonds is 6. The van der Waals surface area contributed by atoms with Crippen LogP contribution in [-0.4, -0.2) is 25.4 Å². The van der Waals surface area contributed by atoms with E-state index >= 15 is 0 Å². The predicted octanol–water partition coefficient (Wildman–Crippen LogP) is 4.04. The van der Waals surface area contributed by atoms with Gasteiger partial charge in [0.05, 0.1) is 6.54 Å². The Morgan fingerprint density at radius 3 is 2.35 bits per heavy atom. The number of alkyl halides is 3. The van der Waals surface area contributed by atoms with Crippen molar-refractivity contribution in [3.05, 3.63) is 29.3 Å². The van der Waals surface area contributed by atoms with Gasteiger partial charge in [-0.1, -0.05) is 19.9 Å². The number of aryl methyl sites for hydroxylation is 1. The number of hydrogen-bond donors (Lipinski definition) is 1. The predicted molar refractivity (Wildman–Crippen MR) is 74.3 cm³/mol. The van der Waals surface area contributed by atoms with E-state index in [4.69, 9.17) is 4.74 Å². The van der Waals surface area contributed by atoms with E-state index < -0.39 is 12.7 Å². The van der Waals surface area contributed by atoms with Gasteiger partial charge in [0.1, 0.15) is 11.9 Å². The van der Waals surface area contributed by atoms with Gasteiger partial charge in [0.2, 0.25) is 0 Å². The molecule has 0 fully saturated rings. The van der Waals surface area contributed by atoms with Gasteiger partial charge in [0.25, 0.3) is 0 Å². The van der Waals surface area contributed by atoms with Gasteiger partial charge < -0.3 is 10.1 Å². The van der Waals surface area contributed by atoms with Crippen molar-refractivity contribution >= 4 is 0 Å². The molecule has 0 radical (unpaired) electrons. The minimum Gasteiger partial charge on any atom is -0.489 e. The summed E-state index contributed by atoms with van der Waals surface area (Å²) in [6, 6.07) is 5.92. The van der Waals surface area contributed by atoms with Gasteiger partial charge in [-0.25, -0.2) is 0 Å². The first-order valence-corrected chi connectivity index (χ1v) is 6.73. The molecule has 1 unspecified atom stereocenters. The SMILES string of the molecule is Cc1cc(OC(C)CNCC(F)(F)F)cc(C(C)C)c1. The molecule has 0 bridgehead atoms. The molecule has 20 heavy (non-hydrogen) atoms. The molecule has 0 aliphatic carbocycles. The van der Waals surface area contributed by atoms with Crippen molar-refractivity contribution in [2.24, 2.45) is 0 Å². The highest BCUT2D eigenvalue weighted by atomic mass is 19.4. The third-order valence-corrected chi connectivity index (χ3v) is 2.83. The third-order valence-electron chi connectivity index (χ3n) is 2.83. The third kappa shape index (κ3) is 6.28. The lowest BCUT2D eigenvalue weighted by Gasteiger charge is -2.18. The van der Waals surface area contributed by atoms with Crippen LogP contribution in [0.3, 0.4) is 0 Å². The van der Waals surface area contributed by atoms with Crippen LogP contribution in [0.2, 0.25) is 0 Å². The highest BCUT2D eigenvalue weighted by Gasteiger charge is 2.26. The molecule has 0 saturated heterocycles. The summed E-state index contributed by atoms with van der Waals surface area (Å²) < 4.78 is 41.7. The summed E-state index contributed by atoms with van der Waals surface area (Å²) in [5.74, 6) is 1.09. The van der Waals surface area contributed by atoms with Crippen LogP contribution in [0.4, 0.5) is 13.2 Å². The number of hydrogen-bond acceptors (Lipinski definition) is 2. The average Bonchev–Trinajstić information content (AvgIpc) is 2.25. The summed E-state index contributed by atoms with van der Waals surface area (Å²) in [6.45, 7) is 7.07. The summed E-state index contributed by atoms with van der Waals surface area (Å²) >= 11 is 0. The summed E-state index contributed by atoms with van der Waals surface area (Å²) in [5, 5.41) is 2.35. The molecular weight excluding hydrogens is 267 g/mol. The van der Waals surface area contributed by atoms with Crippen molar-refractivity contribution in [1.82, 2.24) is 5.32 Å². The van der Waals surface area contributed by atoms with Crippen molar-refractivity contribution in [1.29, 1.82) is 0 Å². The van der Waals surface area contributed by atoms with E-state index in [1.165, 1.54) is 0 Å². The molecule has 5 heteroatoms. The fourth-order valence-corrected chi connectivity index (χ4v) is 1.87. The summed E-state index contributed by atoms with van der Waals surface area (Å²) in [5.41, 5.74) is 2.25. The molecule has 1 rings (SSSR count). The average molecular weight is 289 g/mol. The number of halogens is 3. The van der Waals surface area contributed by atoms with Gasteiger partial charge in [-0.2, -0.15) is 13.2 Å². The Kier molecular flexibility index (Phi) is 5.87. The maximum Gasteiger partial charge on any atom is 0.401 e. The van der Waals surface area contributed by atoms with Crippen LogP contribution >= 0.6 is 0 Å². The molecule has 1 aromatic carbocycles. The van der Waals surface area contributed by atoms with E-state index in [2.05, 4.69) is 25.2 Å². The molecule has 1 aromatic rings. The second-order valence-electron chi connectivity index (χ2n) is 5.41. The number of benzene rings is 1. The summed E-state index contributed by atoms with van der Waals surface area (Å²) in [4.78, 5) is 0. The van der Waals surface area contributed by atoms with E-state index in [1.54, 1.807) is 6.92 Å². The van der Waals surface area contributed by atoms with Crippen LogP contribution in [-0.2, 0) is 0 Å². The number of ether oxygens (including phenoxy) is 1. The first kappa shape index (κ1) is 16.8. The standard InChI is InChI=1S/C15H22F3NO/c1-10(2)13-5-11(3)6-14(7-13)20-12(4)8-19-9-15(16,17)18/h5-7,10,12,19H,8-9H2,1-4H3. The molecule has 0 spiro atoms. The van der Waals surface area contributed by atoms with E-state index in [1.807, 2.05) is 19.1 Å². The lowest BCUT2D eigenvalue weighted by Crippen LogP contribution is -2.35. The Labute approximate surface area is 118 Å². The fraction of sp³-hybridized carbons (Fsp3) is 0.600. The molecule has 0 aliphatic heterocycles. The zero-order valence-corrected chi connectivity index (χ0v) is 12.3. The molecule has 0 saturated carbocycles. The molecule has 1 atom stereocenters. The van der Waals surface area contributed by atoms with Crippen LogP contribution in [0.5, 0.6) is 5.75 Å². The molecule has 114 valence electrons. The largest absolute Gasteiger partial charge is 0.489 e. The highest BCUT2D eigenvalue weighted by molar-refractivity contribution is 5.35. The van der Waals surface area contributed by atoms with Gasteiger partial charge in [0, 0.05) is 6.54 Å². The van der Waals surface area contributed by atoms with Crippen LogP contribution < -0.4 is 10.1 Å². The normalized spacial score (nSPS) is 13.6. The second kappa shape index (κ2) is 6.97. The van der Waals surface area contributed by atoms with Crippen molar-refractivity contribution in [3.8, 4) is 5.75 Å². The molecule has 0 amide bonds. The van der Waals surface area contributed by atoms with Crippen LogP contribution in [0.25, 0.3) is 0 Å². The van der Waals surface area contributed by atoms with Gasteiger partial charge in [-0.3, -0.25) is 0 Å². The second-order valence-corrected chi connectivity index (χ2v) is 5.41. The van der Waals surface area contributed by atoms with Crippen molar-refractivity contribution < 1.29 is 17.9 Å². The molecular formula is C15H22F3NO. The summed E-state index contributed by atoms with van der Waals surface area (Å²) in [7, 11) is 0. The maximum absolute atomic E-state index is 12.0. The monoisotopic (exact) mass is 289 g/mol. The zero-order valence-electron chi connectivity index (χ0n) is 12.3. The van der Waals surface area contributed by atoms with E-state index in [-0.39, 0.29) is 12.6 Å². The van der Waals surface area contributed by atoms with Gasteiger partial charge in [-0.15, -0.1) is 0 Å². The fourth-order valence-electron chi connectivity index (χ4n) is 1.87. The maximum atomic E-state index is 12.0. The first-order valence-electron chi connectivity index (χ1n) is 6.73. The van der Waals surface area contributed by atoms with E-state index in [9.17, 15) is 13.2 Å². The van der Waals surface area contributed by atoms with Gasteiger partial charge >= 0.3 is 6.18 Å². The van der Waals surface area contributed by atoms with Crippen LogP contribution in [0, 0.1) is 6.92 Å². The molecule has 0 aliphatic rings. The smallest absolute Gasteiger partial charge is 0.401 e. The van der Waals surface area contributed by atoms with E-state index in [0.29, 0.717) is 11.7 Å². The molecule has 0 heterocycles. The molecule has 2 nitrogen and oxygen atoms in total. The molecule has 1 N–H and O–H groups in total. The zero-order chi connectivity index (χ0) is 15.3. The minimum absolute atomic E-state index is 0.157.